The molecule has 0 N–H and O–H groups in total. The van der Waals surface area contributed by atoms with E-state index >= 15 is 0 Å². The van der Waals surface area contributed by atoms with Gasteiger partial charge in [0.1, 0.15) is 5.15 Å². The van der Waals surface area contributed by atoms with Gasteiger partial charge in [-0.1, -0.05) is 17.7 Å². The number of benzene rings is 1. The van der Waals surface area contributed by atoms with Crippen molar-refractivity contribution in [1.29, 1.82) is 0 Å². The van der Waals surface area contributed by atoms with Gasteiger partial charge >= 0.3 is 0 Å². The minimum atomic E-state index is -0.404. The zero-order valence-electron chi connectivity index (χ0n) is 11.1. The molecule has 104 valence electrons. The Morgan fingerprint density at radius 2 is 1.95 bits per heavy atom. The maximum Gasteiger partial charge on any atom is 0.270 e. The fraction of sp³-hybridized carbons (Fsp3) is 0.0667. The molecule has 0 atom stereocenters. The second-order valence-corrected chi connectivity index (χ2v) is 5.07. The van der Waals surface area contributed by atoms with Crippen LogP contribution in [-0.2, 0) is 0 Å². The van der Waals surface area contributed by atoms with Crippen LogP contribution in [0, 0.1) is 17.0 Å². The second-order valence-electron chi connectivity index (χ2n) is 4.68. The Labute approximate surface area is 125 Å². The number of nitro benzene ring substituents is 1. The fourth-order valence-electron chi connectivity index (χ4n) is 2.18. The van der Waals surface area contributed by atoms with Gasteiger partial charge in [0.2, 0.25) is 0 Å². The summed E-state index contributed by atoms with van der Waals surface area (Å²) in [6.45, 7) is 1.91. The lowest BCUT2D eigenvalue weighted by Gasteiger charge is -2.07. The Bertz CT molecular complexity index is 865. The molecule has 0 bridgehead atoms. The largest absolute Gasteiger partial charge is 0.270 e. The number of pyridine rings is 2. The Kier molecular flexibility index (Phi) is 3.27. The number of hydrogen-bond acceptors (Lipinski definition) is 4. The predicted octanol–water partition coefficient (Wildman–Crippen LogP) is 4.17. The van der Waals surface area contributed by atoms with Crippen molar-refractivity contribution in [2.75, 3.05) is 0 Å². The summed E-state index contributed by atoms with van der Waals surface area (Å²) in [6, 6.07) is 8.37. The van der Waals surface area contributed by atoms with Gasteiger partial charge < -0.3 is 0 Å². The van der Waals surface area contributed by atoms with E-state index in [4.69, 9.17) is 11.6 Å². The number of fused-ring (bicyclic) bond motifs is 1. The molecule has 2 heterocycles. The first-order valence-corrected chi connectivity index (χ1v) is 6.59. The maximum atomic E-state index is 10.9. The zero-order chi connectivity index (χ0) is 15.0. The molecule has 0 aliphatic carbocycles. The Morgan fingerprint density at radius 1 is 1.14 bits per heavy atom. The van der Waals surface area contributed by atoms with Gasteiger partial charge in [0.25, 0.3) is 5.69 Å². The quantitative estimate of drug-likeness (QED) is 0.404. The highest BCUT2D eigenvalue weighted by atomic mass is 35.5. The molecule has 3 rings (SSSR count). The van der Waals surface area contributed by atoms with Crippen molar-refractivity contribution in [3.05, 3.63) is 63.6 Å². The van der Waals surface area contributed by atoms with E-state index in [0.29, 0.717) is 5.15 Å². The summed E-state index contributed by atoms with van der Waals surface area (Å²) in [5, 5.41) is 12.1. The van der Waals surface area contributed by atoms with Crippen LogP contribution in [0.2, 0.25) is 5.15 Å². The lowest BCUT2D eigenvalue weighted by atomic mass is 10.0. The molecule has 5 nitrogen and oxygen atoms in total. The molecular formula is C15H10ClN3O2. The topological polar surface area (TPSA) is 68.9 Å². The third-order valence-corrected chi connectivity index (χ3v) is 3.48. The van der Waals surface area contributed by atoms with Crippen molar-refractivity contribution in [3.8, 4) is 11.1 Å². The fourth-order valence-corrected chi connectivity index (χ4v) is 2.33. The van der Waals surface area contributed by atoms with E-state index in [2.05, 4.69) is 9.97 Å². The van der Waals surface area contributed by atoms with E-state index in [1.165, 1.54) is 6.07 Å². The van der Waals surface area contributed by atoms with Crippen LogP contribution in [0.25, 0.3) is 22.0 Å². The van der Waals surface area contributed by atoms with Gasteiger partial charge in [-0.15, -0.1) is 0 Å². The average Bonchev–Trinajstić information content (AvgIpc) is 2.47. The van der Waals surface area contributed by atoms with Crippen LogP contribution >= 0.6 is 11.6 Å². The molecule has 0 unspecified atom stereocenters. The molecule has 21 heavy (non-hydrogen) atoms. The Hall–Kier alpha value is -2.53. The number of non-ortho nitro benzene ring substituents is 1. The van der Waals surface area contributed by atoms with E-state index in [9.17, 15) is 10.1 Å². The van der Waals surface area contributed by atoms with E-state index in [0.717, 1.165) is 27.6 Å². The van der Waals surface area contributed by atoms with Crippen molar-refractivity contribution < 1.29 is 4.92 Å². The SMILES string of the molecule is Cc1ccc([N+](=O)[O-])cc1-c1cnc2cc(Cl)ncc2c1. The first-order chi connectivity index (χ1) is 10.0. The highest BCUT2D eigenvalue weighted by molar-refractivity contribution is 6.30. The van der Waals surface area contributed by atoms with Crippen molar-refractivity contribution in [1.82, 2.24) is 9.97 Å². The molecule has 0 aliphatic rings. The molecule has 0 radical (unpaired) electrons. The van der Waals surface area contributed by atoms with E-state index < -0.39 is 4.92 Å². The van der Waals surface area contributed by atoms with Gasteiger partial charge in [0.05, 0.1) is 10.4 Å². The molecule has 1 aromatic carbocycles. The number of hydrogen-bond donors (Lipinski definition) is 0. The smallest absolute Gasteiger partial charge is 0.258 e. The van der Waals surface area contributed by atoms with Gasteiger partial charge in [-0.05, 0) is 24.1 Å². The summed E-state index contributed by atoms with van der Waals surface area (Å²) in [5.41, 5.74) is 3.34. The minimum absolute atomic E-state index is 0.0601. The third-order valence-electron chi connectivity index (χ3n) is 3.28. The standard InChI is InChI=1S/C15H10ClN3O2/c1-9-2-3-12(19(20)21)5-13(9)10-4-11-8-18-15(16)6-14(11)17-7-10/h2-8H,1H3. The lowest BCUT2D eigenvalue weighted by molar-refractivity contribution is -0.384. The van der Waals surface area contributed by atoms with Crippen LogP contribution in [0.1, 0.15) is 5.56 Å². The van der Waals surface area contributed by atoms with Crippen LogP contribution in [0.4, 0.5) is 5.69 Å². The van der Waals surface area contributed by atoms with Crippen LogP contribution in [-0.4, -0.2) is 14.9 Å². The van der Waals surface area contributed by atoms with E-state index in [1.807, 2.05) is 13.0 Å². The molecule has 0 saturated carbocycles. The van der Waals surface area contributed by atoms with Crippen LogP contribution in [0.15, 0.2) is 42.7 Å². The van der Waals surface area contributed by atoms with Crippen LogP contribution in [0.3, 0.4) is 0 Å². The number of aryl methyl sites for hydroxylation is 1. The Balaban J connectivity index is 2.18. The van der Waals surface area contributed by atoms with Crippen molar-refractivity contribution >= 4 is 28.2 Å². The average molecular weight is 300 g/mol. The Morgan fingerprint density at radius 3 is 2.71 bits per heavy atom. The molecule has 6 heteroatoms. The first-order valence-electron chi connectivity index (χ1n) is 6.21. The van der Waals surface area contributed by atoms with Crippen molar-refractivity contribution in [2.24, 2.45) is 0 Å². The van der Waals surface area contributed by atoms with E-state index in [1.54, 1.807) is 30.6 Å². The number of nitro groups is 1. The molecular weight excluding hydrogens is 290 g/mol. The summed E-state index contributed by atoms with van der Waals surface area (Å²) in [4.78, 5) is 18.9. The predicted molar refractivity (Wildman–Crippen MR) is 81.4 cm³/mol. The summed E-state index contributed by atoms with van der Waals surface area (Å²) < 4.78 is 0. The zero-order valence-corrected chi connectivity index (χ0v) is 11.8. The van der Waals surface area contributed by atoms with Gasteiger partial charge in [-0.2, -0.15) is 0 Å². The van der Waals surface area contributed by atoms with Crippen LogP contribution < -0.4 is 0 Å². The first kappa shape index (κ1) is 13.5. The highest BCUT2D eigenvalue weighted by Crippen LogP contribution is 2.29. The highest BCUT2D eigenvalue weighted by Gasteiger charge is 2.11. The molecule has 0 saturated heterocycles. The van der Waals surface area contributed by atoms with Gasteiger partial charge in [0.15, 0.2) is 0 Å². The minimum Gasteiger partial charge on any atom is -0.258 e. The number of aromatic nitrogens is 2. The molecule has 0 fully saturated rings. The van der Waals surface area contributed by atoms with E-state index in [-0.39, 0.29) is 5.69 Å². The number of halogens is 1. The normalized spacial score (nSPS) is 10.8. The number of nitrogens with zero attached hydrogens (tertiary/aromatic N) is 3. The van der Waals surface area contributed by atoms with Crippen molar-refractivity contribution in [2.45, 2.75) is 6.92 Å². The number of rotatable bonds is 2. The van der Waals surface area contributed by atoms with Gasteiger partial charge in [-0.3, -0.25) is 15.1 Å². The lowest BCUT2D eigenvalue weighted by Crippen LogP contribution is -1.91. The summed E-state index contributed by atoms with van der Waals surface area (Å²) >= 11 is 5.83. The molecule has 0 spiro atoms. The monoisotopic (exact) mass is 299 g/mol. The second kappa shape index (κ2) is 5.10. The molecule has 0 amide bonds. The summed E-state index contributed by atoms with van der Waals surface area (Å²) in [6.07, 6.45) is 3.32. The molecule has 0 aliphatic heterocycles. The molecule has 2 aromatic heterocycles. The van der Waals surface area contributed by atoms with Crippen molar-refractivity contribution in [3.63, 3.8) is 0 Å². The van der Waals surface area contributed by atoms with Gasteiger partial charge in [0, 0.05) is 41.5 Å². The summed E-state index contributed by atoms with van der Waals surface area (Å²) in [7, 11) is 0. The van der Waals surface area contributed by atoms with Gasteiger partial charge in [-0.25, -0.2) is 4.98 Å². The van der Waals surface area contributed by atoms with Crippen LogP contribution in [0.5, 0.6) is 0 Å². The maximum absolute atomic E-state index is 10.9. The molecule has 3 aromatic rings. The third kappa shape index (κ3) is 2.55. The summed E-state index contributed by atoms with van der Waals surface area (Å²) in [5.74, 6) is 0.